The first-order valence-electron chi connectivity index (χ1n) is 2.36. The van der Waals surface area contributed by atoms with E-state index < -0.39 is 0 Å². The number of carbonyl (C=O) groups excluding carboxylic acids is 1. The first-order chi connectivity index (χ1) is 3.97. The van der Waals surface area contributed by atoms with Crippen LogP contribution in [0, 0.1) is 0 Å². The molecule has 1 heteroatoms. The van der Waals surface area contributed by atoms with Crippen molar-refractivity contribution in [3.63, 3.8) is 0 Å². The Labute approximate surface area is 48.0 Å². The van der Waals surface area contributed by atoms with Gasteiger partial charge in [-0.15, -0.1) is 0 Å². The van der Waals surface area contributed by atoms with E-state index in [1.54, 1.807) is 0 Å². The van der Waals surface area contributed by atoms with E-state index in [0.29, 0.717) is 0 Å². The van der Waals surface area contributed by atoms with Crippen LogP contribution in [0.1, 0.15) is 0 Å². The summed E-state index contributed by atoms with van der Waals surface area (Å²) in [7, 11) is 0. The van der Waals surface area contributed by atoms with Gasteiger partial charge in [-0.1, -0.05) is 18.2 Å². The van der Waals surface area contributed by atoms with Gasteiger partial charge in [-0.25, -0.2) is 0 Å². The second kappa shape index (κ2) is 1.78. The van der Waals surface area contributed by atoms with Gasteiger partial charge in [0.25, 0.3) is 0 Å². The lowest BCUT2D eigenvalue weighted by molar-refractivity contribution is -0.0979. The Morgan fingerprint density at radius 1 is 1.12 bits per heavy atom. The van der Waals surface area contributed by atoms with Crippen molar-refractivity contribution in [2.45, 2.75) is 0 Å². The van der Waals surface area contributed by atoms with E-state index in [-0.39, 0.29) is 0 Å². The maximum Gasteiger partial charge on any atom is 0.106 e. The van der Waals surface area contributed by atoms with Gasteiger partial charge in [0.15, 0.2) is 0 Å². The Morgan fingerprint density at radius 2 is 1.62 bits per heavy atom. The van der Waals surface area contributed by atoms with Gasteiger partial charge in [0.2, 0.25) is 0 Å². The highest BCUT2D eigenvalue weighted by molar-refractivity contribution is 5.80. The smallest absolute Gasteiger partial charge is 0.106 e. The predicted molar refractivity (Wildman–Crippen MR) is 32.6 cm³/mol. The average molecular weight is 106 g/mol. The quantitative estimate of drug-likeness (QED) is 0.497. The fourth-order valence-electron chi connectivity index (χ4n) is 0.676. The summed E-state index contributed by atoms with van der Waals surface area (Å²) in [5.74, 6) is 0. The van der Waals surface area contributed by atoms with Crippen LogP contribution in [0.3, 0.4) is 0 Å². The largest absolute Gasteiger partial charge is 0.307 e. The molecule has 0 aromatic heterocycles. The molecule has 1 nitrogen and oxygen atoms in total. The fraction of sp³-hybridized carbons (Fsp3) is 0. The van der Waals surface area contributed by atoms with Gasteiger partial charge < -0.3 is 4.79 Å². The van der Waals surface area contributed by atoms with Crippen molar-refractivity contribution < 1.29 is 4.79 Å². The van der Waals surface area contributed by atoms with Gasteiger partial charge in [0.1, 0.15) is 6.79 Å². The number of carbonyl (C=O) groups is 1. The summed E-state index contributed by atoms with van der Waals surface area (Å²) in [5, 5.41) is 0. The summed E-state index contributed by atoms with van der Waals surface area (Å²) in [6, 6.07) is 8.48. The molecule has 0 saturated carbocycles. The normalized spacial score (nSPS) is 9.00. The molecule has 2 rings (SSSR count). The van der Waals surface area contributed by atoms with Crippen LogP contribution < -0.4 is 0 Å². The molecule has 0 unspecified atom stereocenters. The van der Waals surface area contributed by atoms with Gasteiger partial charge >= 0.3 is 0 Å². The van der Waals surface area contributed by atoms with E-state index in [1.165, 1.54) is 11.1 Å². The Hall–Kier alpha value is -1.11. The minimum atomic E-state index is 1.43. The van der Waals surface area contributed by atoms with Crippen LogP contribution in [0.5, 0.6) is 0 Å². The summed E-state index contributed by atoms with van der Waals surface area (Å²) in [6.45, 7) is 2.00. The van der Waals surface area contributed by atoms with Crippen molar-refractivity contribution in [3.8, 4) is 11.1 Å². The molecular weight excluding hydrogens is 100 g/mol. The van der Waals surface area contributed by atoms with Crippen LogP contribution in [0.15, 0.2) is 24.3 Å². The summed E-state index contributed by atoms with van der Waals surface area (Å²) in [5.41, 5.74) is 2.85. The average Bonchev–Trinajstić information content (AvgIpc) is 2.46. The third kappa shape index (κ3) is 0.624. The SMILES string of the molecule is C=O.c1cc2cc-2c1. The predicted octanol–water partition coefficient (Wildman–Crippen LogP) is 1.48. The monoisotopic (exact) mass is 106 g/mol. The standard InChI is InChI=1S/C6H4.CH2O/c1-2-5-4-6(5)3-1;1-2/h1-4H;1H2. The molecule has 0 saturated heterocycles. The van der Waals surface area contributed by atoms with E-state index in [0.717, 1.165) is 0 Å². The first kappa shape index (κ1) is 5.04. The lowest BCUT2D eigenvalue weighted by Gasteiger charge is -1.48. The molecule has 8 heavy (non-hydrogen) atoms. The Bertz CT molecular complexity index is 176. The molecule has 0 amide bonds. The van der Waals surface area contributed by atoms with E-state index in [4.69, 9.17) is 4.79 Å². The second-order valence-corrected chi connectivity index (χ2v) is 1.58. The van der Waals surface area contributed by atoms with Crippen LogP contribution in [-0.4, -0.2) is 6.79 Å². The molecule has 0 N–H and O–H groups in total. The molecule has 2 aliphatic carbocycles. The minimum Gasteiger partial charge on any atom is -0.307 e. The van der Waals surface area contributed by atoms with Crippen LogP contribution in [0.2, 0.25) is 0 Å². The maximum absolute atomic E-state index is 8.00. The molecule has 0 aliphatic heterocycles. The van der Waals surface area contributed by atoms with Gasteiger partial charge in [0.05, 0.1) is 0 Å². The lowest BCUT2D eigenvalue weighted by Crippen LogP contribution is -1.23. The molecule has 0 radical (unpaired) electrons. The topological polar surface area (TPSA) is 17.1 Å². The van der Waals surface area contributed by atoms with E-state index in [2.05, 4.69) is 24.3 Å². The zero-order valence-corrected chi connectivity index (χ0v) is 4.42. The number of fused-ring (bicyclic) bond motifs is 1. The van der Waals surface area contributed by atoms with E-state index >= 15 is 0 Å². The van der Waals surface area contributed by atoms with Crippen LogP contribution in [-0.2, 0) is 4.79 Å². The number of rotatable bonds is 0. The molecule has 0 spiro atoms. The highest BCUT2D eigenvalue weighted by Gasteiger charge is 2.06. The van der Waals surface area contributed by atoms with Crippen molar-refractivity contribution in [3.05, 3.63) is 24.3 Å². The summed E-state index contributed by atoms with van der Waals surface area (Å²) >= 11 is 0. The molecule has 40 valence electrons. The van der Waals surface area contributed by atoms with Gasteiger partial charge in [0, 0.05) is 0 Å². The van der Waals surface area contributed by atoms with Crippen molar-refractivity contribution in [1.29, 1.82) is 0 Å². The number of hydrogen-bond acceptors (Lipinski definition) is 1. The van der Waals surface area contributed by atoms with E-state index in [9.17, 15) is 0 Å². The molecule has 0 aromatic rings. The van der Waals surface area contributed by atoms with Crippen LogP contribution >= 0.6 is 0 Å². The molecule has 0 heterocycles. The van der Waals surface area contributed by atoms with Crippen molar-refractivity contribution in [2.24, 2.45) is 0 Å². The minimum absolute atomic E-state index is 1.43. The van der Waals surface area contributed by atoms with Gasteiger partial charge in [-0.3, -0.25) is 0 Å². The molecule has 0 atom stereocenters. The van der Waals surface area contributed by atoms with Gasteiger partial charge in [-0.2, -0.15) is 0 Å². The summed E-state index contributed by atoms with van der Waals surface area (Å²) in [6.07, 6.45) is 0. The van der Waals surface area contributed by atoms with Crippen molar-refractivity contribution >= 4 is 6.79 Å². The Balaban J connectivity index is 0.000000147. The highest BCUT2D eigenvalue weighted by Crippen LogP contribution is 2.32. The summed E-state index contributed by atoms with van der Waals surface area (Å²) < 4.78 is 0. The molecule has 0 aromatic carbocycles. The third-order valence-corrected chi connectivity index (χ3v) is 1.11. The van der Waals surface area contributed by atoms with Crippen molar-refractivity contribution in [1.82, 2.24) is 0 Å². The Morgan fingerprint density at radius 3 is 1.75 bits per heavy atom. The fourth-order valence-corrected chi connectivity index (χ4v) is 0.676. The molecule has 0 fully saturated rings. The lowest BCUT2D eigenvalue weighted by atomic mass is 10.6. The summed E-state index contributed by atoms with van der Waals surface area (Å²) in [4.78, 5) is 8.00. The maximum atomic E-state index is 8.00. The Kier molecular flexibility index (Phi) is 1.12. The number of hydrogen-bond donors (Lipinski definition) is 0. The zero-order valence-electron chi connectivity index (χ0n) is 4.42. The van der Waals surface area contributed by atoms with Crippen LogP contribution in [0.4, 0.5) is 0 Å². The number of benzene rings is 1. The molecular formula is C7H6O. The van der Waals surface area contributed by atoms with Crippen LogP contribution in [0.25, 0.3) is 11.1 Å². The molecule has 0 bridgehead atoms. The second-order valence-electron chi connectivity index (χ2n) is 1.58. The third-order valence-electron chi connectivity index (χ3n) is 1.11. The molecule has 2 aliphatic rings. The first-order valence-corrected chi connectivity index (χ1v) is 2.36. The zero-order chi connectivity index (χ0) is 5.98. The van der Waals surface area contributed by atoms with Crippen molar-refractivity contribution in [2.75, 3.05) is 0 Å². The van der Waals surface area contributed by atoms with E-state index in [1.807, 2.05) is 6.79 Å². The van der Waals surface area contributed by atoms with Gasteiger partial charge in [-0.05, 0) is 17.2 Å². The highest BCUT2D eigenvalue weighted by atomic mass is 16.1.